The third-order valence-electron chi connectivity index (χ3n) is 2.83. The number of benzene rings is 2. The Balaban J connectivity index is 2.07. The average molecular weight is 315 g/mol. The summed E-state index contributed by atoms with van der Waals surface area (Å²) in [5.74, 6) is -2.48. The number of hydrogen-bond acceptors (Lipinski definition) is 2. The van der Waals surface area contributed by atoms with Gasteiger partial charge in [0, 0.05) is 12.6 Å². The highest BCUT2D eigenvalue weighted by Crippen LogP contribution is 2.15. The molecule has 0 aliphatic rings. The monoisotopic (exact) mass is 315 g/mol. The Kier molecular flexibility index (Phi) is 4.64. The van der Waals surface area contributed by atoms with E-state index in [4.69, 9.17) is 0 Å². The van der Waals surface area contributed by atoms with E-state index in [1.165, 1.54) is 18.2 Å². The number of hydrogen-bond donors (Lipinski definition) is 1. The molecule has 2 aromatic carbocycles. The number of halogens is 3. The van der Waals surface area contributed by atoms with Gasteiger partial charge in [-0.1, -0.05) is 18.2 Å². The quantitative estimate of drug-likeness (QED) is 0.922. The maximum Gasteiger partial charge on any atom is 0.243 e. The van der Waals surface area contributed by atoms with Gasteiger partial charge < -0.3 is 0 Å². The second-order valence-electron chi connectivity index (χ2n) is 4.31. The molecule has 0 radical (unpaired) electrons. The smallest absolute Gasteiger partial charge is 0.211 e. The van der Waals surface area contributed by atoms with Crippen LogP contribution in [0.5, 0.6) is 0 Å². The molecule has 0 saturated carbocycles. The van der Waals surface area contributed by atoms with E-state index in [9.17, 15) is 21.6 Å². The summed E-state index contributed by atoms with van der Waals surface area (Å²) in [6.07, 6.45) is 0.120. The fraction of sp³-hybridized carbons (Fsp3) is 0.143. The number of rotatable bonds is 5. The normalized spacial score (nSPS) is 11.6. The van der Waals surface area contributed by atoms with Crippen molar-refractivity contribution in [3.63, 3.8) is 0 Å². The minimum atomic E-state index is -4.10. The van der Waals surface area contributed by atoms with Crippen LogP contribution in [0.15, 0.2) is 47.4 Å². The SMILES string of the molecule is O=S(=O)(NCCc1ccccc1F)c1ccc(F)cc1F. The zero-order valence-corrected chi connectivity index (χ0v) is 11.6. The van der Waals surface area contributed by atoms with Gasteiger partial charge in [0.15, 0.2) is 0 Å². The molecule has 0 bridgehead atoms. The third kappa shape index (κ3) is 3.83. The van der Waals surface area contributed by atoms with E-state index in [0.29, 0.717) is 11.6 Å². The fourth-order valence-electron chi connectivity index (χ4n) is 1.79. The standard InChI is InChI=1S/C14H12F3NO2S/c15-11-5-6-14(13(17)9-11)21(19,20)18-8-7-10-3-1-2-4-12(10)16/h1-6,9,18H,7-8H2. The van der Waals surface area contributed by atoms with Gasteiger partial charge in [0.2, 0.25) is 10.0 Å². The minimum Gasteiger partial charge on any atom is -0.211 e. The maximum absolute atomic E-state index is 13.4. The van der Waals surface area contributed by atoms with Crippen molar-refractivity contribution >= 4 is 10.0 Å². The summed E-state index contributed by atoms with van der Waals surface area (Å²) in [6, 6.07) is 8.14. The molecule has 0 saturated heterocycles. The molecular weight excluding hydrogens is 303 g/mol. The van der Waals surface area contributed by atoms with Crippen molar-refractivity contribution in [3.05, 3.63) is 65.5 Å². The molecule has 2 aromatic rings. The van der Waals surface area contributed by atoms with E-state index in [1.807, 2.05) is 0 Å². The number of sulfonamides is 1. The first kappa shape index (κ1) is 15.5. The topological polar surface area (TPSA) is 46.2 Å². The minimum absolute atomic E-state index is 0.0971. The molecule has 0 aromatic heterocycles. The van der Waals surface area contributed by atoms with Gasteiger partial charge in [-0.15, -0.1) is 0 Å². The Morgan fingerprint density at radius 2 is 1.67 bits per heavy atom. The van der Waals surface area contributed by atoms with Crippen LogP contribution in [-0.4, -0.2) is 15.0 Å². The van der Waals surface area contributed by atoms with E-state index < -0.39 is 32.4 Å². The summed E-state index contributed by atoms with van der Waals surface area (Å²) in [5, 5.41) is 0. The summed E-state index contributed by atoms with van der Waals surface area (Å²) in [5.41, 5.74) is 0.347. The van der Waals surface area contributed by atoms with E-state index in [-0.39, 0.29) is 13.0 Å². The molecule has 3 nitrogen and oxygen atoms in total. The lowest BCUT2D eigenvalue weighted by Gasteiger charge is -2.08. The molecule has 0 fully saturated rings. The van der Waals surface area contributed by atoms with Gasteiger partial charge in [0.05, 0.1) is 0 Å². The molecule has 7 heteroatoms. The van der Waals surface area contributed by atoms with Crippen LogP contribution in [0.25, 0.3) is 0 Å². The van der Waals surface area contributed by atoms with Crippen LogP contribution in [0.1, 0.15) is 5.56 Å². The first-order valence-electron chi connectivity index (χ1n) is 6.08. The maximum atomic E-state index is 13.4. The van der Waals surface area contributed by atoms with Gasteiger partial charge in [-0.25, -0.2) is 26.3 Å². The molecule has 1 N–H and O–H groups in total. The van der Waals surface area contributed by atoms with Crippen LogP contribution < -0.4 is 4.72 Å². The first-order valence-corrected chi connectivity index (χ1v) is 7.56. The van der Waals surface area contributed by atoms with Crippen LogP contribution in [0.4, 0.5) is 13.2 Å². The molecule has 2 rings (SSSR count). The van der Waals surface area contributed by atoms with E-state index in [2.05, 4.69) is 4.72 Å². The Labute approximate surface area is 120 Å². The lowest BCUT2D eigenvalue weighted by molar-refractivity contribution is 0.542. The highest BCUT2D eigenvalue weighted by Gasteiger charge is 2.19. The van der Waals surface area contributed by atoms with Crippen molar-refractivity contribution < 1.29 is 21.6 Å². The van der Waals surface area contributed by atoms with Gasteiger partial charge in [0.1, 0.15) is 22.3 Å². The molecule has 0 unspecified atom stereocenters. The molecule has 0 heterocycles. The van der Waals surface area contributed by atoms with Crippen molar-refractivity contribution in [3.8, 4) is 0 Å². The average Bonchev–Trinajstić information content (AvgIpc) is 2.40. The lowest BCUT2D eigenvalue weighted by atomic mass is 10.1. The van der Waals surface area contributed by atoms with E-state index in [1.54, 1.807) is 6.07 Å². The number of nitrogens with one attached hydrogen (secondary N) is 1. The van der Waals surface area contributed by atoms with Crippen LogP contribution in [-0.2, 0) is 16.4 Å². The van der Waals surface area contributed by atoms with Gasteiger partial charge in [-0.2, -0.15) is 0 Å². The summed E-state index contributed by atoms with van der Waals surface area (Å²) in [4.78, 5) is -0.641. The molecule has 0 aliphatic carbocycles. The lowest BCUT2D eigenvalue weighted by Crippen LogP contribution is -2.27. The molecule has 112 valence electrons. The first-order chi connectivity index (χ1) is 9.90. The summed E-state index contributed by atoms with van der Waals surface area (Å²) < 4.78 is 65.5. The van der Waals surface area contributed by atoms with Crippen molar-refractivity contribution in [2.45, 2.75) is 11.3 Å². The molecule has 0 aliphatic heterocycles. The predicted octanol–water partition coefficient (Wildman–Crippen LogP) is 2.62. The Hall–Kier alpha value is -1.86. The van der Waals surface area contributed by atoms with Crippen molar-refractivity contribution in [2.75, 3.05) is 6.54 Å². The summed E-state index contributed by atoms with van der Waals surface area (Å²) in [7, 11) is -4.10. The van der Waals surface area contributed by atoms with Crippen LogP contribution in [0, 0.1) is 17.5 Å². The van der Waals surface area contributed by atoms with Crippen LogP contribution >= 0.6 is 0 Å². The van der Waals surface area contributed by atoms with Gasteiger partial charge >= 0.3 is 0 Å². The second kappa shape index (κ2) is 6.28. The Morgan fingerprint density at radius 1 is 0.952 bits per heavy atom. The third-order valence-corrected chi connectivity index (χ3v) is 4.32. The highest BCUT2D eigenvalue weighted by atomic mass is 32.2. The van der Waals surface area contributed by atoms with Crippen molar-refractivity contribution in [1.82, 2.24) is 4.72 Å². The fourth-order valence-corrected chi connectivity index (χ4v) is 2.88. The molecule has 21 heavy (non-hydrogen) atoms. The summed E-state index contributed by atoms with van der Waals surface area (Å²) >= 11 is 0. The van der Waals surface area contributed by atoms with Crippen LogP contribution in [0.3, 0.4) is 0 Å². The highest BCUT2D eigenvalue weighted by molar-refractivity contribution is 7.89. The molecule has 0 atom stereocenters. The molecule has 0 spiro atoms. The van der Waals surface area contributed by atoms with Gasteiger partial charge in [-0.05, 0) is 30.2 Å². The van der Waals surface area contributed by atoms with Crippen LogP contribution in [0.2, 0.25) is 0 Å². The largest absolute Gasteiger partial charge is 0.243 e. The Morgan fingerprint density at radius 3 is 2.33 bits per heavy atom. The van der Waals surface area contributed by atoms with E-state index >= 15 is 0 Å². The van der Waals surface area contributed by atoms with Crippen molar-refractivity contribution in [1.29, 1.82) is 0 Å². The predicted molar refractivity (Wildman–Crippen MR) is 71.7 cm³/mol. The summed E-state index contributed by atoms with van der Waals surface area (Å²) in [6.45, 7) is -0.0971. The zero-order chi connectivity index (χ0) is 15.5. The zero-order valence-electron chi connectivity index (χ0n) is 10.8. The Bertz CT molecular complexity index is 748. The van der Waals surface area contributed by atoms with Crippen molar-refractivity contribution in [2.24, 2.45) is 0 Å². The van der Waals surface area contributed by atoms with Gasteiger partial charge in [-0.3, -0.25) is 0 Å². The van der Waals surface area contributed by atoms with E-state index in [0.717, 1.165) is 12.1 Å². The molecule has 0 amide bonds. The van der Waals surface area contributed by atoms with Gasteiger partial charge in [0.25, 0.3) is 0 Å². The second-order valence-corrected chi connectivity index (χ2v) is 6.05. The molecular formula is C14H12F3NO2S.